The van der Waals surface area contributed by atoms with E-state index in [-0.39, 0.29) is 0 Å². The molecule has 0 spiro atoms. The molecule has 0 aliphatic heterocycles. The van der Waals surface area contributed by atoms with Crippen molar-refractivity contribution in [1.82, 2.24) is 14.5 Å². The van der Waals surface area contributed by atoms with Crippen molar-refractivity contribution >= 4 is 43.5 Å². The monoisotopic (exact) mass is 571 g/mol. The van der Waals surface area contributed by atoms with Crippen LogP contribution in [0.3, 0.4) is 0 Å². The Morgan fingerprint density at radius 1 is 0.467 bits per heavy atom. The lowest BCUT2D eigenvalue weighted by molar-refractivity contribution is 1.17. The van der Waals surface area contributed by atoms with Crippen LogP contribution in [0.2, 0.25) is 0 Å². The van der Waals surface area contributed by atoms with Gasteiger partial charge in [-0.3, -0.25) is 0 Å². The highest BCUT2D eigenvalue weighted by molar-refractivity contribution is 6.24. The molecular weight excluding hydrogens is 546 g/mol. The summed E-state index contributed by atoms with van der Waals surface area (Å²) in [5.41, 5.74) is 12.7. The van der Waals surface area contributed by atoms with E-state index in [2.05, 4.69) is 144 Å². The maximum Gasteiger partial charge on any atom is 0.160 e. The van der Waals surface area contributed by atoms with E-state index in [1.54, 1.807) is 0 Å². The standard InChI is InChI=1S/C42H25N3/c1-2-11-27(12-3-1)40-34-18-4-6-21-36(34)43-42(44-40)28-15-8-16-29(25-28)45-37-22-7-5-17-30(37)33-24-23-32-31-19-9-13-26-14-10-20-35(38(26)31)39(32)41(33)45/h1-25H. The topological polar surface area (TPSA) is 30.7 Å². The normalized spacial score (nSPS) is 12.0. The van der Waals surface area contributed by atoms with Gasteiger partial charge in [-0.05, 0) is 51.7 Å². The molecule has 0 atom stereocenters. The van der Waals surface area contributed by atoms with Gasteiger partial charge in [-0.15, -0.1) is 0 Å². The van der Waals surface area contributed by atoms with Gasteiger partial charge in [-0.1, -0.05) is 127 Å². The molecule has 7 aromatic carbocycles. The molecule has 2 aromatic heterocycles. The Kier molecular flexibility index (Phi) is 5.00. The fourth-order valence-electron chi connectivity index (χ4n) is 7.40. The lowest BCUT2D eigenvalue weighted by Crippen LogP contribution is -1.98. The van der Waals surface area contributed by atoms with Crippen molar-refractivity contribution in [2.24, 2.45) is 0 Å². The van der Waals surface area contributed by atoms with Crippen molar-refractivity contribution in [3.05, 3.63) is 152 Å². The Bertz CT molecular complexity index is 2640. The predicted octanol–water partition coefficient (Wildman–Crippen LogP) is 10.9. The molecule has 208 valence electrons. The molecule has 0 bridgehead atoms. The van der Waals surface area contributed by atoms with Crippen LogP contribution in [0.4, 0.5) is 0 Å². The minimum atomic E-state index is 0.720. The van der Waals surface area contributed by atoms with Gasteiger partial charge in [-0.25, -0.2) is 9.97 Å². The third kappa shape index (κ3) is 3.46. The van der Waals surface area contributed by atoms with E-state index in [1.165, 1.54) is 54.8 Å². The van der Waals surface area contributed by atoms with Crippen LogP contribution in [0, 0.1) is 0 Å². The van der Waals surface area contributed by atoms with Crippen molar-refractivity contribution in [1.29, 1.82) is 0 Å². The zero-order chi connectivity index (χ0) is 29.5. The molecular formula is C42H25N3. The van der Waals surface area contributed by atoms with Crippen molar-refractivity contribution in [3.63, 3.8) is 0 Å². The van der Waals surface area contributed by atoms with Crippen LogP contribution >= 0.6 is 0 Å². The third-order valence-electron chi connectivity index (χ3n) is 9.31. The molecule has 3 heteroatoms. The summed E-state index contributed by atoms with van der Waals surface area (Å²) < 4.78 is 2.44. The summed E-state index contributed by atoms with van der Waals surface area (Å²) in [5.74, 6) is 0.720. The molecule has 45 heavy (non-hydrogen) atoms. The Morgan fingerprint density at radius 3 is 2.09 bits per heavy atom. The molecule has 0 fully saturated rings. The fourth-order valence-corrected chi connectivity index (χ4v) is 7.40. The molecule has 10 rings (SSSR count). The largest absolute Gasteiger partial charge is 0.309 e. The second kappa shape index (κ2) is 9.22. The Labute approximate surface area is 259 Å². The summed E-state index contributed by atoms with van der Waals surface area (Å²) in [5, 5.41) is 6.17. The highest BCUT2D eigenvalue weighted by atomic mass is 15.0. The van der Waals surface area contributed by atoms with Gasteiger partial charge in [0.15, 0.2) is 5.82 Å². The summed E-state index contributed by atoms with van der Waals surface area (Å²) >= 11 is 0. The van der Waals surface area contributed by atoms with Gasteiger partial charge in [0.2, 0.25) is 0 Å². The summed E-state index contributed by atoms with van der Waals surface area (Å²) in [4.78, 5) is 10.2. The molecule has 1 aliphatic rings. The summed E-state index contributed by atoms with van der Waals surface area (Å²) in [6, 6.07) is 54.1. The number of para-hydroxylation sites is 2. The van der Waals surface area contributed by atoms with E-state index in [0.717, 1.165) is 39.2 Å². The van der Waals surface area contributed by atoms with Gasteiger partial charge >= 0.3 is 0 Å². The Hall–Kier alpha value is -6.06. The predicted molar refractivity (Wildman–Crippen MR) is 187 cm³/mol. The van der Waals surface area contributed by atoms with Gasteiger partial charge in [0.25, 0.3) is 0 Å². The van der Waals surface area contributed by atoms with Gasteiger partial charge in [-0.2, -0.15) is 0 Å². The lowest BCUT2D eigenvalue weighted by atomic mass is 10.00. The molecule has 3 nitrogen and oxygen atoms in total. The van der Waals surface area contributed by atoms with Gasteiger partial charge in [0.1, 0.15) is 0 Å². The summed E-state index contributed by atoms with van der Waals surface area (Å²) in [7, 11) is 0. The van der Waals surface area contributed by atoms with E-state index < -0.39 is 0 Å². The van der Waals surface area contributed by atoms with Gasteiger partial charge in [0.05, 0.1) is 22.2 Å². The summed E-state index contributed by atoms with van der Waals surface area (Å²) in [6.07, 6.45) is 0. The first-order chi connectivity index (χ1) is 22.3. The molecule has 0 saturated carbocycles. The number of rotatable bonds is 3. The smallest absolute Gasteiger partial charge is 0.160 e. The zero-order valence-corrected chi connectivity index (χ0v) is 24.3. The molecule has 9 aromatic rings. The van der Waals surface area contributed by atoms with E-state index in [1.807, 2.05) is 12.1 Å². The van der Waals surface area contributed by atoms with Crippen LogP contribution in [-0.4, -0.2) is 14.5 Å². The van der Waals surface area contributed by atoms with Crippen molar-refractivity contribution in [3.8, 4) is 50.6 Å². The van der Waals surface area contributed by atoms with E-state index in [9.17, 15) is 0 Å². The molecule has 0 radical (unpaired) electrons. The Morgan fingerprint density at radius 2 is 1.20 bits per heavy atom. The minimum Gasteiger partial charge on any atom is -0.309 e. The van der Waals surface area contributed by atoms with Crippen LogP contribution in [0.25, 0.3) is 94.1 Å². The molecule has 0 N–H and O–H groups in total. The maximum atomic E-state index is 5.18. The average Bonchev–Trinajstić information content (AvgIpc) is 3.62. The van der Waals surface area contributed by atoms with Crippen molar-refractivity contribution in [2.45, 2.75) is 0 Å². The lowest BCUT2D eigenvalue weighted by Gasteiger charge is -2.14. The van der Waals surface area contributed by atoms with Crippen LogP contribution in [-0.2, 0) is 0 Å². The molecule has 0 saturated heterocycles. The third-order valence-corrected chi connectivity index (χ3v) is 9.31. The van der Waals surface area contributed by atoms with Gasteiger partial charge in [0, 0.05) is 38.5 Å². The number of hydrogen-bond donors (Lipinski definition) is 0. The molecule has 0 amide bonds. The second-order valence-electron chi connectivity index (χ2n) is 11.8. The number of aromatic nitrogens is 3. The molecule has 2 heterocycles. The van der Waals surface area contributed by atoms with Crippen LogP contribution in [0.1, 0.15) is 0 Å². The zero-order valence-electron chi connectivity index (χ0n) is 24.3. The SMILES string of the molecule is c1ccc(-c2nc(-c3cccc(-n4c5ccccc5c5ccc6c(c54)-c4cccc5cccc-6c45)c3)nc3ccccc23)cc1. The number of hydrogen-bond acceptors (Lipinski definition) is 2. The highest BCUT2D eigenvalue weighted by Gasteiger charge is 2.26. The Balaban J connectivity index is 1.25. The van der Waals surface area contributed by atoms with E-state index in [0.29, 0.717) is 0 Å². The first-order valence-corrected chi connectivity index (χ1v) is 15.4. The summed E-state index contributed by atoms with van der Waals surface area (Å²) in [6.45, 7) is 0. The van der Waals surface area contributed by atoms with Crippen molar-refractivity contribution < 1.29 is 0 Å². The molecule has 0 unspecified atom stereocenters. The van der Waals surface area contributed by atoms with Crippen LogP contribution in [0.15, 0.2) is 152 Å². The van der Waals surface area contributed by atoms with Crippen LogP contribution < -0.4 is 0 Å². The number of benzene rings is 7. The quantitative estimate of drug-likeness (QED) is 0.211. The number of nitrogens with zero attached hydrogens (tertiary/aromatic N) is 3. The average molecular weight is 572 g/mol. The highest BCUT2D eigenvalue weighted by Crippen LogP contribution is 2.52. The van der Waals surface area contributed by atoms with Crippen molar-refractivity contribution in [2.75, 3.05) is 0 Å². The van der Waals surface area contributed by atoms with E-state index >= 15 is 0 Å². The van der Waals surface area contributed by atoms with Crippen LogP contribution in [0.5, 0.6) is 0 Å². The van der Waals surface area contributed by atoms with E-state index in [4.69, 9.17) is 9.97 Å². The van der Waals surface area contributed by atoms with Gasteiger partial charge < -0.3 is 4.57 Å². The molecule has 1 aliphatic carbocycles. The first kappa shape index (κ1) is 24.4. The number of fused-ring (bicyclic) bond motifs is 8. The second-order valence-corrected chi connectivity index (χ2v) is 11.8. The maximum absolute atomic E-state index is 5.18. The first-order valence-electron chi connectivity index (χ1n) is 15.4. The fraction of sp³-hybridized carbons (Fsp3) is 0. The minimum absolute atomic E-state index is 0.720.